The summed E-state index contributed by atoms with van der Waals surface area (Å²) in [5, 5.41) is 15.9. The van der Waals surface area contributed by atoms with Crippen LogP contribution < -0.4 is 29.6 Å². The molecule has 1 unspecified atom stereocenters. The molecule has 0 aromatic heterocycles. The Morgan fingerprint density at radius 1 is 1.00 bits per heavy atom. The largest absolute Gasteiger partial charge is 1.00 e. The van der Waals surface area contributed by atoms with E-state index in [2.05, 4.69) is 11.7 Å². The molecule has 1 atom stereocenters. The van der Waals surface area contributed by atoms with Crippen LogP contribution in [0.1, 0.15) is 64.7 Å². The third kappa shape index (κ3) is 12.6. The Hall–Kier alpha value is 0.300. The molecule has 138 valence electrons. The number of aliphatic hydroxyl groups is 2. The number of ether oxygens (including phenoxy) is 1. The van der Waals surface area contributed by atoms with Gasteiger partial charge in [-0.2, -0.15) is 0 Å². The molecule has 0 spiro atoms. The van der Waals surface area contributed by atoms with Crippen LogP contribution in [-0.4, -0.2) is 53.7 Å². The molecule has 0 heterocycles. The van der Waals surface area contributed by atoms with E-state index in [1.54, 1.807) is 0 Å². The van der Waals surface area contributed by atoms with Gasteiger partial charge in [0.2, 0.25) is 0 Å². The molecule has 0 aliphatic carbocycles. The quantitative estimate of drug-likeness (QED) is 0.161. The van der Waals surface area contributed by atoms with Gasteiger partial charge in [-0.1, -0.05) is 58.3 Å². The number of aliphatic hydroxyl groups excluding tert-OH is 2. The van der Waals surface area contributed by atoms with Gasteiger partial charge in [0, 0.05) is 0 Å². The van der Waals surface area contributed by atoms with E-state index in [9.17, 15) is 17.8 Å². The van der Waals surface area contributed by atoms with Crippen LogP contribution in [0, 0.1) is 0 Å². The van der Waals surface area contributed by atoms with Gasteiger partial charge < -0.3 is 19.5 Å². The van der Waals surface area contributed by atoms with E-state index >= 15 is 0 Å². The molecule has 0 bridgehead atoms. The van der Waals surface area contributed by atoms with E-state index in [0.29, 0.717) is 6.42 Å². The van der Waals surface area contributed by atoms with E-state index in [1.807, 2.05) is 0 Å². The first-order valence-corrected chi connectivity index (χ1v) is 9.70. The Labute approximate surface area is 167 Å². The Morgan fingerprint density at radius 2 is 1.46 bits per heavy atom. The Morgan fingerprint density at radius 3 is 1.88 bits per heavy atom. The molecule has 0 saturated carbocycles. The summed E-state index contributed by atoms with van der Waals surface area (Å²) in [7, 11) is -4.82. The van der Waals surface area contributed by atoms with E-state index < -0.39 is 40.7 Å². The summed E-state index contributed by atoms with van der Waals surface area (Å²) in [6, 6.07) is 0. The average molecular weight is 376 g/mol. The average Bonchev–Trinajstić information content (AvgIpc) is 2.49. The van der Waals surface area contributed by atoms with E-state index in [0.717, 1.165) is 25.7 Å². The molecule has 0 rings (SSSR count). The molecule has 0 aromatic rings. The minimum atomic E-state index is -4.82. The molecule has 0 aliphatic heterocycles. The third-order valence-electron chi connectivity index (χ3n) is 3.62. The molecular formula is C15H29NaO7S. The minimum absolute atomic E-state index is 0. The van der Waals surface area contributed by atoms with Crippen molar-refractivity contribution in [1.82, 2.24) is 0 Å². The van der Waals surface area contributed by atoms with Crippen molar-refractivity contribution in [3.8, 4) is 0 Å². The molecule has 0 aliphatic rings. The molecule has 0 saturated heterocycles. The number of carbonyl (C=O) groups excluding carboxylic acids is 1. The summed E-state index contributed by atoms with van der Waals surface area (Å²) >= 11 is 0. The number of hydrogen-bond donors (Lipinski definition) is 2. The second kappa shape index (κ2) is 15.5. The molecular weight excluding hydrogens is 347 g/mol. The van der Waals surface area contributed by atoms with Crippen molar-refractivity contribution < 1.29 is 62.3 Å². The van der Waals surface area contributed by atoms with Gasteiger partial charge in [-0.15, -0.1) is 0 Å². The maximum atomic E-state index is 11.7. The molecule has 9 heteroatoms. The molecule has 0 fully saturated rings. The van der Waals surface area contributed by atoms with Crippen molar-refractivity contribution in [3.05, 3.63) is 0 Å². The second-order valence-corrected chi connectivity index (χ2v) is 7.22. The SMILES string of the molecule is CCCCCCCCCCC(C(=O)OC(CO)CO)S(=O)(=O)[O-].[Na+]. The molecule has 2 N–H and O–H groups in total. The zero-order valence-electron chi connectivity index (χ0n) is 14.8. The topological polar surface area (TPSA) is 124 Å². The van der Waals surface area contributed by atoms with Gasteiger partial charge in [0.15, 0.2) is 0 Å². The zero-order chi connectivity index (χ0) is 17.7. The number of hydrogen-bond acceptors (Lipinski definition) is 7. The van der Waals surface area contributed by atoms with Gasteiger partial charge in [0.1, 0.15) is 21.5 Å². The van der Waals surface area contributed by atoms with Gasteiger partial charge in [-0.3, -0.25) is 4.79 Å². The van der Waals surface area contributed by atoms with Crippen molar-refractivity contribution >= 4 is 16.1 Å². The van der Waals surface area contributed by atoms with Crippen LogP contribution in [0.3, 0.4) is 0 Å². The molecule has 7 nitrogen and oxygen atoms in total. The van der Waals surface area contributed by atoms with Crippen molar-refractivity contribution in [3.63, 3.8) is 0 Å². The Bertz CT molecular complexity index is 410. The van der Waals surface area contributed by atoms with Crippen molar-refractivity contribution in [2.75, 3.05) is 13.2 Å². The first kappa shape index (κ1) is 26.5. The molecule has 0 aromatic carbocycles. The summed E-state index contributed by atoms with van der Waals surface area (Å²) in [6.45, 7) is 0.873. The summed E-state index contributed by atoms with van der Waals surface area (Å²) in [6.07, 6.45) is 6.57. The van der Waals surface area contributed by atoms with Crippen LogP contribution in [0.25, 0.3) is 0 Å². The standard InChI is InChI=1S/C15H30O7S.Na/c1-2-3-4-5-6-7-8-9-10-14(23(19,20)21)15(18)22-13(11-16)12-17;/h13-14,16-17H,2-12H2,1H3,(H,19,20,21);/q;+1/p-1. The minimum Gasteiger partial charge on any atom is -0.747 e. The van der Waals surface area contributed by atoms with E-state index in [-0.39, 0.29) is 36.0 Å². The van der Waals surface area contributed by atoms with Gasteiger partial charge in [0.25, 0.3) is 0 Å². The first-order valence-electron chi connectivity index (χ1n) is 8.23. The van der Waals surface area contributed by atoms with E-state index in [4.69, 9.17) is 10.2 Å². The number of unbranched alkanes of at least 4 members (excludes halogenated alkanes) is 7. The smallest absolute Gasteiger partial charge is 0.747 e. The first-order chi connectivity index (χ1) is 10.9. The van der Waals surface area contributed by atoms with Crippen LogP contribution in [-0.2, 0) is 19.6 Å². The van der Waals surface area contributed by atoms with Crippen molar-refractivity contribution in [2.45, 2.75) is 76.1 Å². The molecule has 0 amide bonds. The summed E-state index contributed by atoms with van der Waals surface area (Å²) in [5.74, 6) is -1.20. The van der Waals surface area contributed by atoms with Crippen molar-refractivity contribution in [1.29, 1.82) is 0 Å². The fourth-order valence-electron chi connectivity index (χ4n) is 2.22. The van der Waals surface area contributed by atoms with Gasteiger partial charge >= 0.3 is 35.5 Å². The molecule has 24 heavy (non-hydrogen) atoms. The van der Waals surface area contributed by atoms with Crippen molar-refractivity contribution in [2.24, 2.45) is 0 Å². The van der Waals surface area contributed by atoms with Crippen LogP contribution >= 0.6 is 0 Å². The van der Waals surface area contributed by atoms with Crippen LogP contribution in [0.2, 0.25) is 0 Å². The third-order valence-corrected chi connectivity index (χ3v) is 4.75. The summed E-state index contributed by atoms with van der Waals surface area (Å²) in [4.78, 5) is 11.7. The predicted molar refractivity (Wildman–Crippen MR) is 84.8 cm³/mol. The van der Waals surface area contributed by atoms with Gasteiger partial charge in [-0.25, -0.2) is 8.42 Å². The normalized spacial score (nSPS) is 12.7. The van der Waals surface area contributed by atoms with Crippen LogP contribution in [0.4, 0.5) is 0 Å². The maximum Gasteiger partial charge on any atom is 1.00 e. The second-order valence-electron chi connectivity index (χ2n) is 5.67. The summed E-state index contributed by atoms with van der Waals surface area (Å²) in [5.41, 5.74) is 0. The number of rotatable bonds is 14. The Kier molecular flexibility index (Phi) is 17.2. The molecule has 0 radical (unpaired) electrons. The number of esters is 1. The number of carbonyl (C=O) groups is 1. The maximum absolute atomic E-state index is 11.7. The van der Waals surface area contributed by atoms with Crippen LogP contribution in [0.5, 0.6) is 0 Å². The Balaban J connectivity index is 0. The van der Waals surface area contributed by atoms with E-state index in [1.165, 1.54) is 19.3 Å². The monoisotopic (exact) mass is 376 g/mol. The van der Waals surface area contributed by atoms with Crippen LogP contribution in [0.15, 0.2) is 0 Å². The summed E-state index contributed by atoms with van der Waals surface area (Å²) < 4.78 is 38.2. The fourth-order valence-corrected chi connectivity index (χ4v) is 2.96. The van der Waals surface area contributed by atoms with Gasteiger partial charge in [-0.05, 0) is 6.42 Å². The fraction of sp³-hybridized carbons (Fsp3) is 0.933. The van der Waals surface area contributed by atoms with Gasteiger partial charge in [0.05, 0.1) is 13.2 Å². The zero-order valence-corrected chi connectivity index (χ0v) is 17.6. The predicted octanol–water partition coefficient (Wildman–Crippen LogP) is -1.67.